The first-order chi connectivity index (χ1) is 8.79. The highest BCUT2D eigenvalue weighted by molar-refractivity contribution is 5.98. The number of carbonyl (C=O) groups excluding carboxylic acids is 1. The molecule has 1 unspecified atom stereocenters. The van der Waals surface area contributed by atoms with Crippen LogP contribution >= 0.6 is 0 Å². The number of hydrogen-bond acceptors (Lipinski definition) is 3. The van der Waals surface area contributed by atoms with Crippen molar-refractivity contribution in [1.29, 1.82) is 0 Å². The molecular formula is C14H21NO4. The quantitative estimate of drug-likeness (QED) is 0.890. The molecule has 1 N–H and O–H groups in total. The number of nitrogens with zero attached hydrogens (tertiary/aromatic N) is 1. The Morgan fingerprint density at radius 2 is 1.84 bits per heavy atom. The van der Waals surface area contributed by atoms with Crippen molar-refractivity contribution in [2.45, 2.75) is 47.1 Å². The third-order valence-corrected chi connectivity index (χ3v) is 3.46. The number of amides is 1. The van der Waals surface area contributed by atoms with Crippen molar-refractivity contribution in [2.75, 3.05) is 6.54 Å². The third kappa shape index (κ3) is 3.16. The van der Waals surface area contributed by atoms with Crippen molar-refractivity contribution in [3.63, 3.8) is 0 Å². The summed E-state index contributed by atoms with van der Waals surface area (Å²) in [6.07, 6.45) is 0.702. The van der Waals surface area contributed by atoms with Crippen molar-refractivity contribution in [3.8, 4) is 0 Å². The lowest BCUT2D eigenvalue weighted by atomic mass is 10.1. The average molecular weight is 267 g/mol. The van der Waals surface area contributed by atoms with Crippen molar-refractivity contribution < 1.29 is 19.1 Å². The molecule has 0 aliphatic heterocycles. The van der Waals surface area contributed by atoms with E-state index in [9.17, 15) is 9.59 Å². The van der Waals surface area contributed by atoms with E-state index in [2.05, 4.69) is 0 Å². The molecule has 0 fully saturated rings. The zero-order valence-corrected chi connectivity index (χ0v) is 12.1. The molecule has 1 aromatic rings. The molecule has 1 amide bonds. The highest BCUT2D eigenvalue weighted by Gasteiger charge is 2.27. The van der Waals surface area contributed by atoms with Crippen LogP contribution in [0.1, 0.15) is 47.7 Å². The third-order valence-electron chi connectivity index (χ3n) is 3.46. The topological polar surface area (TPSA) is 70.8 Å². The predicted molar refractivity (Wildman–Crippen MR) is 71.3 cm³/mol. The molecule has 1 aromatic heterocycles. The number of aryl methyl sites for hydroxylation is 2. The van der Waals surface area contributed by atoms with Crippen LogP contribution in [-0.4, -0.2) is 34.5 Å². The Balaban J connectivity index is 3.15. The predicted octanol–water partition coefficient (Wildman–Crippen LogP) is 2.53. The molecule has 0 bridgehead atoms. The summed E-state index contributed by atoms with van der Waals surface area (Å²) >= 11 is 0. The molecule has 0 radical (unpaired) electrons. The van der Waals surface area contributed by atoms with Crippen LogP contribution in [-0.2, 0) is 4.79 Å². The highest BCUT2D eigenvalue weighted by Crippen LogP contribution is 2.23. The van der Waals surface area contributed by atoms with Crippen molar-refractivity contribution in [1.82, 2.24) is 4.90 Å². The average Bonchev–Trinajstić information content (AvgIpc) is 2.58. The second-order valence-electron chi connectivity index (χ2n) is 4.80. The van der Waals surface area contributed by atoms with E-state index >= 15 is 0 Å². The molecule has 0 spiro atoms. The van der Waals surface area contributed by atoms with Crippen molar-refractivity contribution in [3.05, 3.63) is 22.6 Å². The number of furan rings is 1. The minimum atomic E-state index is -1.01. The number of rotatable bonds is 5. The van der Waals surface area contributed by atoms with Crippen LogP contribution in [0.15, 0.2) is 4.42 Å². The highest BCUT2D eigenvalue weighted by atomic mass is 16.4. The summed E-state index contributed by atoms with van der Waals surface area (Å²) in [5.74, 6) is -0.0493. The lowest BCUT2D eigenvalue weighted by Crippen LogP contribution is -2.42. The molecule has 0 saturated heterocycles. The van der Waals surface area contributed by atoms with Gasteiger partial charge in [-0.2, -0.15) is 0 Å². The lowest BCUT2D eigenvalue weighted by molar-refractivity contribution is -0.138. The Labute approximate surface area is 113 Å². The standard InChI is InChI=1S/C14H21NO4/c1-6-8(2)15(7-12(16)17)14(18)13-9(3)10(4)19-11(13)5/h8H,6-7H2,1-5H3,(H,16,17). The van der Waals surface area contributed by atoms with Gasteiger partial charge in [0, 0.05) is 11.6 Å². The smallest absolute Gasteiger partial charge is 0.323 e. The molecule has 5 heteroatoms. The van der Waals surface area contributed by atoms with Gasteiger partial charge in [0.1, 0.15) is 18.1 Å². The van der Waals surface area contributed by atoms with Crippen LogP contribution in [0.2, 0.25) is 0 Å². The van der Waals surface area contributed by atoms with Gasteiger partial charge in [-0.25, -0.2) is 0 Å². The fourth-order valence-corrected chi connectivity index (χ4v) is 2.05. The van der Waals surface area contributed by atoms with Gasteiger partial charge in [-0.05, 0) is 34.1 Å². The van der Waals surface area contributed by atoms with Gasteiger partial charge in [-0.3, -0.25) is 9.59 Å². The number of aliphatic carboxylic acids is 1. The van der Waals surface area contributed by atoms with Crippen LogP contribution in [0.3, 0.4) is 0 Å². The molecule has 0 aromatic carbocycles. The van der Waals surface area contributed by atoms with Gasteiger partial charge in [0.25, 0.3) is 5.91 Å². The fourth-order valence-electron chi connectivity index (χ4n) is 2.05. The monoisotopic (exact) mass is 267 g/mol. The maximum atomic E-state index is 12.5. The van der Waals surface area contributed by atoms with E-state index in [-0.39, 0.29) is 18.5 Å². The molecule has 19 heavy (non-hydrogen) atoms. The Morgan fingerprint density at radius 3 is 2.21 bits per heavy atom. The van der Waals surface area contributed by atoms with E-state index < -0.39 is 5.97 Å². The summed E-state index contributed by atoms with van der Waals surface area (Å²) in [5.41, 5.74) is 1.26. The Bertz CT molecular complexity index is 490. The van der Waals surface area contributed by atoms with Crippen LogP contribution in [0.5, 0.6) is 0 Å². The summed E-state index contributed by atoms with van der Waals surface area (Å²) < 4.78 is 5.44. The second kappa shape index (κ2) is 5.91. The van der Waals surface area contributed by atoms with E-state index in [4.69, 9.17) is 9.52 Å². The molecule has 0 saturated carbocycles. The van der Waals surface area contributed by atoms with Crippen LogP contribution in [0.25, 0.3) is 0 Å². The van der Waals surface area contributed by atoms with Crippen molar-refractivity contribution >= 4 is 11.9 Å². The Hall–Kier alpha value is -1.78. The maximum Gasteiger partial charge on any atom is 0.323 e. The van der Waals surface area contributed by atoms with Crippen LogP contribution in [0, 0.1) is 20.8 Å². The van der Waals surface area contributed by atoms with Gasteiger partial charge < -0.3 is 14.4 Å². The van der Waals surface area contributed by atoms with Crippen molar-refractivity contribution in [2.24, 2.45) is 0 Å². The van der Waals surface area contributed by atoms with Gasteiger partial charge in [0.15, 0.2) is 0 Å². The maximum absolute atomic E-state index is 12.5. The van der Waals surface area contributed by atoms with E-state index in [0.717, 1.165) is 5.56 Å². The molecule has 1 atom stereocenters. The minimum absolute atomic E-state index is 0.127. The molecular weight excluding hydrogens is 246 g/mol. The number of carbonyl (C=O) groups is 2. The minimum Gasteiger partial charge on any atom is -0.480 e. The van der Waals surface area contributed by atoms with Crippen LogP contribution < -0.4 is 0 Å². The van der Waals surface area contributed by atoms with E-state index in [1.165, 1.54) is 4.90 Å². The number of carboxylic acid groups (broad SMARTS) is 1. The summed E-state index contributed by atoms with van der Waals surface area (Å²) in [6, 6.07) is -0.127. The first-order valence-corrected chi connectivity index (χ1v) is 6.38. The fraction of sp³-hybridized carbons (Fsp3) is 0.571. The Morgan fingerprint density at radius 1 is 1.26 bits per heavy atom. The molecule has 0 aliphatic rings. The molecule has 1 rings (SSSR count). The summed E-state index contributed by atoms with van der Waals surface area (Å²) in [5, 5.41) is 8.95. The first-order valence-electron chi connectivity index (χ1n) is 6.38. The van der Waals surface area contributed by atoms with Gasteiger partial charge >= 0.3 is 5.97 Å². The van der Waals surface area contributed by atoms with Gasteiger partial charge in [-0.1, -0.05) is 6.92 Å². The normalized spacial score (nSPS) is 12.3. The lowest BCUT2D eigenvalue weighted by Gasteiger charge is -2.27. The van der Waals surface area contributed by atoms with Gasteiger partial charge in [0.05, 0.1) is 5.56 Å². The molecule has 5 nitrogen and oxygen atoms in total. The van der Waals surface area contributed by atoms with E-state index in [1.54, 1.807) is 13.8 Å². The number of carboxylic acids is 1. The van der Waals surface area contributed by atoms with E-state index in [1.807, 2.05) is 20.8 Å². The zero-order chi connectivity index (χ0) is 14.7. The molecule has 1 heterocycles. The Kier molecular flexibility index (Phi) is 4.75. The SMILES string of the molecule is CCC(C)N(CC(=O)O)C(=O)c1c(C)oc(C)c1C. The van der Waals surface area contributed by atoms with Gasteiger partial charge in [0.2, 0.25) is 0 Å². The summed E-state index contributed by atoms with van der Waals surface area (Å²) in [6.45, 7) is 8.81. The second-order valence-corrected chi connectivity index (χ2v) is 4.80. The summed E-state index contributed by atoms with van der Waals surface area (Å²) in [4.78, 5) is 24.8. The van der Waals surface area contributed by atoms with E-state index in [0.29, 0.717) is 23.5 Å². The molecule has 0 aliphatic carbocycles. The number of hydrogen-bond donors (Lipinski definition) is 1. The zero-order valence-electron chi connectivity index (χ0n) is 12.1. The van der Waals surface area contributed by atoms with Crippen LogP contribution in [0.4, 0.5) is 0 Å². The first kappa shape index (κ1) is 15.3. The largest absolute Gasteiger partial charge is 0.480 e. The van der Waals surface area contributed by atoms with Gasteiger partial charge in [-0.15, -0.1) is 0 Å². The molecule has 106 valence electrons. The summed E-state index contributed by atoms with van der Waals surface area (Å²) in [7, 11) is 0.